The number of nitrogens with one attached hydrogen (secondary N) is 2. The quantitative estimate of drug-likeness (QED) is 0.440. The van der Waals surface area contributed by atoms with Crippen molar-refractivity contribution in [3.8, 4) is 11.3 Å². The summed E-state index contributed by atoms with van der Waals surface area (Å²) >= 11 is 1.44. The molecule has 1 aliphatic rings. The number of furan rings is 1. The SMILES string of the molecule is N=C1CCc2ccc(Nc3ncc(F)c(-c4ccc(F)c5ccoc45)n3)cc2S1. The van der Waals surface area contributed by atoms with Gasteiger partial charge in [0.1, 0.15) is 17.1 Å². The number of hydrogen-bond acceptors (Lipinski definition) is 6. The number of hydrogen-bond donors (Lipinski definition) is 2. The van der Waals surface area contributed by atoms with E-state index < -0.39 is 11.6 Å². The van der Waals surface area contributed by atoms with Gasteiger partial charge in [0, 0.05) is 16.1 Å². The molecule has 4 aromatic rings. The maximum absolute atomic E-state index is 14.5. The largest absolute Gasteiger partial charge is 0.464 e. The third kappa shape index (κ3) is 3.25. The average molecular weight is 408 g/mol. The van der Waals surface area contributed by atoms with E-state index in [-0.39, 0.29) is 22.6 Å². The fourth-order valence-corrected chi connectivity index (χ4v) is 4.28. The highest BCUT2D eigenvalue weighted by Gasteiger charge is 2.18. The molecular formula is C21H14F2N4OS. The fourth-order valence-electron chi connectivity index (χ4n) is 3.33. The molecule has 0 atom stereocenters. The van der Waals surface area contributed by atoms with Crippen LogP contribution in [-0.4, -0.2) is 15.0 Å². The zero-order valence-corrected chi connectivity index (χ0v) is 15.8. The molecule has 0 saturated carbocycles. The van der Waals surface area contributed by atoms with E-state index in [1.807, 2.05) is 18.2 Å². The molecule has 0 unspecified atom stereocenters. The first-order chi connectivity index (χ1) is 14.1. The van der Waals surface area contributed by atoms with Gasteiger partial charge in [-0.25, -0.2) is 18.7 Å². The van der Waals surface area contributed by atoms with Gasteiger partial charge in [0.2, 0.25) is 5.95 Å². The minimum Gasteiger partial charge on any atom is -0.464 e. The Bertz CT molecular complexity index is 1270. The van der Waals surface area contributed by atoms with E-state index in [1.54, 1.807) is 0 Å². The first-order valence-electron chi connectivity index (χ1n) is 8.92. The van der Waals surface area contributed by atoms with Crippen LogP contribution in [0.25, 0.3) is 22.2 Å². The molecular weight excluding hydrogens is 394 g/mol. The van der Waals surface area contributed by atoms with Gasteiger partial charge < -0.3 is 9.73 Å². The van der Waals surface area contributed by atoms with Crippen LogP contribution in [0, 0.1) is 17.0 Å². The molecule has 0 amide bonds. The molecule has 0 saturated heterocycles. The van der Waals surface area contributed by atoms with E-state index in [0.717, 1.165) is 29.6 Å². The molecule has 29 heavy (non-hydrogen) atoms. The molecule has 3 heterocycles. The second-order valence-corrected chi connectivity index (χ2v) is 7.76. The summed E-state index contributed by atoms with van der Waals surface area (Å²) in [4.78, 5) is 9.33. The molecule has 2 N–H and O–H groups in total. The zero-order valence-electron chi connectivity index (χ0n) is 15.0. The molecule has 0 fully saturated rings. The van der Waals surface area contributed by atoms with Crippen LogP contribution in [0.5, 0.6) is 0 Å². The van der Waals surface area contributed by atoms with Gasteiger partial charge in [0.05, 0.1) is 22.9 Å². The Morgan fingerprint density at radius 3 is 2.86 bits per heavy atom. The minimum absolute atomic E-state index is 0.0246. The molecule has 5 nitrogen and oxygen atoms in total. The molecule has 0 radical (unpaired) electrons. The standard InChI is InChI=1S/C21H14F2N4OS/c22-15-5-4-14(20-13(15)7-8-28-20)19-16(23)10-25-21(27-19)26-12-3-1-11-2-6-18(24)29-17(11)9-12/h1,3-5,7-10,24H,2,6H2,(H,25,26,27). The number of aromatic nitrogens is 2. The van der Waals surface area contributed by atoms with Gasteiger partial charge >= 0.3 is 0 Å². The predicted molar refractivity (Wildman–Crippen MR) is 109 cm³/mol. The first kappa shape index (κ1) is 17.8. The molecule has 2 aromatic carbocycles. The van der Waals surface area contributed by atoms with E-state index in [2.05, 4.69) is 15.3 Å². The molecule has 5 rings (SSSR count). The van der Waals surface area contributed by atoms with E-state index in [4.69, 9.17) is 9.83 Å². The predicted octanol–water partition coefficient (Wildman–Crippen LogP) is 5.93. The first-order valence-corrected chi connectivity index (χ1v) is 9.74. The minimum atomic E-state index is -0.630. The maximum atomic E-state index is 14.5. The number of fused-ring (bicyclic) bond motifs is 2. The zero-order chi connectivity index (χ0) is 20.0. The highest BCUT2D eigenvalue weighted by molar-refractivity contribution is 8.14. The van der Waals surface area contributed by atoms with Crippen molar-refractivity contribution >= 4 is 39.4 Å². The number of anilines is 2. The summed E-state index contributed by atoms with van der Waals surface area (Å²) in [5, 5.41) is 11.8. The van der Waals surface area contributed by atoms with Gasteiger partial charge in [-0.15, -0.1) is 0 Å². The van der Waals surface area contributed by atoms with Crippen LogP contribution in [0.4, 0.5) is 20.4 Å². The van der Waals surface area contributed by atoms with E-state index >= 15 is 0 Å². The number of rotatable bonds is 3. The van der Waals surface area contributed by atoms with Crippen LogP contribution in [-0.2, 0) is 6.42 Å². The van der Waals surface area contributed by atoms with Gasteiger partial charge in [0.15, 0.2) is 5.82 Å². The van der Waals surface area contributed by atoms with Crippen LogP contribution < -0.4 is 5.32 Å². The Hall–Kier alpha value is -3.26. The summed E-state index contributed by atoms with van der Waals surface area (Å²) in [7, 11) is 0. The molecule has 8 heteroatoms. The summed E-state index contributed by atoms with van der Waals surface area (Å²) in [6, 6.07) is 10.0. The molecule has 1 aliphatic heterocycles. The summed E-state index contributed by atoms with van der Waals surface area (Å²) in [5.41, 5.74) is 2.55. The Morgan fingerprint density at radius 2 is 1.97 bits per heavy atom. The molecule has 2 aromatic heterocycles. The topological polar surface area (TPSA) is 74.8 Å². The van der Waals surface area contributed by atoms with Crippen molar-refractivity contribution in [2.45, 2.75) is 17.7 Å². The van der Waals surface area contributed by atoms with E-state index in [1.165, 1.54) is 41.8 Å². The van der Waals surface area contributed by atoms with Crippen LogP contribution >= 0.6 is 11.8 Å². The molecule has 0 spiro atoms. The third-order valence-corrected chi connectivity index (χ3v) is 5.79. The van der Waals surface area contributed by atoms with Crippen molar-refractivity contribution < 1.29 is 13.2 Å². The second-order valence-electron chi connectivity index (χ2n) is 6.62. The summed E-state index contributed by atoms with van der Waals surface area (Å²) in [6.45, 7) is 0. The number of benzene rings is 2. The number of nitrogens with zero attached hydrogens (tertiary/aromatic N) is 2. The van der Waals surface area contributed by atoms with E-state index in [9.17, 15) is 8.78 Å². The number of aryl methyl sites for hydroxylation is 1. The maximum Gasteiger partial charge on any atom is 0.227 e. The Labute approximate surface area is 168 Å². The van der Waals surface area contributed by atoms with Crippen LogP contribution in [0.15, 0.2) is 58.2 Å². The smallest absolute Gasteiger partial charge is 0.227 e. The summed E-state index contributed by atoms with van der Waals surface area (Å²) in [5.74, 6) is -0.863. The Balaban J connectivity index is 1.52. The Kier molecular flexibility index (Phi) is 4.28. The lowest BCUT2D eigenvalue weighted by atomic mass is 10.1. The highest BCUT2D eigenvalue weighted by Crippen LogP contribution is 2.35. The number of thioether (sulfide) groups is 1. The van der Waals surface area contributed by atoms with Crippen molar-refractivity contribution in [2.75, 3.05) is 5.32 Å². The number of halogens is 2. The molecule has 0 bridgehead atoms. The van der Waals surface area contributed by atoms with Crippen molar-refractivity contribution in [3.05, 3.63) is 66.1 Å². The van der Waals surface area contributed by atoms with Crippen LogP contribution in [0.3, 0.4) is 0 Å². The normalized spacial score (nSPS) is 13.5. The van der Waals surface area contributed by atoms with E-state index in [0.29, 0.717) is 10.6 Å². The van der Waals surface area contributed by atoms with Crippen molar-refractivity contribution in [1.29, 1.82) is 5.41 Å². The molecule has 0 aliphatic carbocycles. The fraction of sp³-hybridized carbons (Fsp3) is 0.0952. The summed E-state index contributed by atoms with van der Waals surface area (Å²) in [6.07, 6.45) is 4.04. The van der Waals surface area contributed by atoms with Gasteiger partial charge in [-0.3, -0.25) is 5.41 Å². The Morgan fingerprint density at radius 1 is 1.07 bits per heavy atom. The van der Waals surface area contributed by atoms with Crippen molar-refractivity contribution in [2.24, 2.45) is 0 Å². The second kappa shape index (κ2) is 6.97. The monoisotopic (exact) mass is 408 g/mol. The van der Waals surface area contributed by atoms with Crippen LogP contribution in [0.1, 0.15) is 12.0 Å². The van der Waals surface area contributed by atoms with Gasteiger partial charge in [-0.1, -0.05) is 17.8 Å². The average Bonchev–Trinajstić information content (AvgIpc) is 3.21. The van der Waals surface area contributed by atoms with Gasteiger partial charge in [-0.05, 0) is 48.7 Å². The summed E-state index contributed by atoms with van der Waals surface area (Å²) < 4.78 is 33.8. The van der Waals surface area contributed by atoms with Crippen molar-refractivity contribution in [1.82, 2.24) is 9.97 Å². The van der Waals surface area contributed by atoms with Crippen LogP contribution in [0.2, 0.25) is 0 Å². The lowest BCUT2D eigenvalue weighted by Crippen LogP contribution is -2.05. The molecule has 144 valence electrons. The third-order valence-electron chi connectivity index (χ3n) is 4.74. The highest BCUT2D eigenvalue weighted by atomic mass is 32.2. The lowest BCUT2D eigenvalue weighted by molar-refractivity contribution is 0.605. The van der Waals surface area contributed by atoms with Gasteiger partial charge in [0.25, 0.3) is 0 Å². The van der Waals surface area contributed by atoms with Gasteiger partial charge in [-0.2, -0.15) is 0 Å². The lowest BCUT2D eigenvalue weighted by Gasteiger charge is -2.17. The van der Waals surface area contributed by atoms with Crippen molar-refractivity contribution in [3.63, 3.8) is 0 Å².